The number of aliphatic hydroxyl groups excluding tert-OH is 1. The first-order chi connectivity index (χ1) is 11.6. The van der Waals surface area contributed by atoms with Crippen molar-refractivity contribution in [1.82, 2.24) is 0 Å². The van der Waals surface area contributed by atoms with Crippen LogP contribution in [-0.2, 0) is 9.78 Å². The molecule has 0 aromatic carbocycles. The second kappa shape index (κ2) is 6.41. The lowest BCUT2D eigenvalue weighted by Crippen LogP contribution is -2.51. The van der Waals surface area contributed by atoms with E-state index >= 15 is 0 Å². The van der Waals surface area contributed by atoms with Crippen molar-refractivity contribution in [2.45, 2.75) is 77.7 Å². The Morgan fingerprint density at radius 1 is 1.12 bits per heavy atom. The van der Waals surface area contributed by atoms with Crippen molar-refractivity contribution in [3.63, 3.8) is 0 Å². The summed E-state index contributed by atoms with van der Waals surface area (Å²) in [6.45, 7) is 5.92. The summed E-state index contributed by atoms with van der Waals surface area (Å²) in [4.78, 5) is 10.9. The number of allylic oxidation sites excluding steroid dienone is 1. The summed E-state index contributed by atoms with van der Waals surface area (Å²) in [5.41, 5.74) is 2.28. The SMILES string of the molecule is CCOOC[C@@]12CCC[C@H]1[C@@H]1CC=C3C[C@H](O)CC[C@]3(C)[C@H]1CC2. The smallest absolute Gasteiger partial charge is 0.0881 e. The Bertz CT molecular complexity index is 501. The summed E-state index contributed by atoms with van der Waals surface area (Å²) in [7, 11) is 0. The highest BCUT2D eigenvalue weighted by atomic mass is 17.2. The molecule has 136 valence electrons. The van der Waals surface area contributed by atoms with Crippen molar-refractivity contribution in [2.75, 3.05) is 13.2 Å². The molecular weight excluding hydrogens is 300 g/mol. The van der Waals surface area contributed by atoms with Crippen molar-refractivity contribution >= 4 is 0 Å². The first-order valence-electron chi connectivity index (χ1n) is 10.2. The number of hydrogen-bond acceptors (Lipinski definition) is 3. The van der Waals surface area contributed by atoms with Gasteiger partial charge in [-0.05, 0) is 81.5 Å². The molecule has 4 aliphatic carbocycles. The lowest BCUT2D eigenvalue weighted by atomic mass is 9.48. The molecule has 0 radical (unpaired) electrons. The van der Waals surface area contributed by atoms with Crippen molar-refractivity contribution in [3.05, 3.63) is 11.6 Å². The number of aliphatic hydroxyl groups is 1. The fourth-order valence-corrected chi connectivity index (χ4v) is 6.93. The topological polar surface area (TPSA) is 38.7 Å². The van der Waals surface area contributed by atoms with Crippen molar-refractivity contribution in [2.24, 2.45) is 28.6 Å². The quantitative estimate of drug-likeness (QED) is 0.352. The molecule has 3 saturated carbocycles. The molecule has 0 aliphatic heterocycles. The van der Waals surface area contributed by atoms with Crippen LogP contribution in [0.2, 0.25) is 0 Å². The predicted molar refractivity (Wildman–Crippen MR) is 94.2 cm³/mol. The van der Waals surface area contributed by atoms with Gasteiger partial charge in [0.1, 0.15) is 0 Å². The second-order valence-corrected chi connectivity index (χ2v) is 9.12. The van der Waals surface area contributed by atoms with Gasteiger partial charge in [0, 0.05) is 5.41 Å². The highest BCUT2D eigenvalue weighted by Gasteiger charge is 2.57. The predicted octanol–water partition coefficient (Wildman–Crippen LogP) is 4.65. The minimum absolute atomic E-state index is 0.102. The maximum Gasteiger partial charge on any atom is 0.0881 e. The molecule has 0 bridgehead atoms. The first-order valence-corrected chi connectivity index (χ1v) is 10.2. The van der Waals surface area contributed by atoms with Crippen LogP contribution in [0.15, 0.2) is 11.6 Å². The summed E-state index contributed by atoms with van der Waals surface area (Å²) in [5.74, 6) is 2.43. The van der Waals surface area contributed by atoms with Crippen LogP contribution in [0.25, 0.3) is 0 Å². The Labute approximate surface area is 146 Å². The average Bonchev–Trinajstić information content (AvgIpc) is 3.00. The second-order valence-electron chi connectivity index (χ2n) is 9.12. The Morgan fingerprint density at radius 2 is 2.00 bits per heavy atom. The maximum absolute atomic E-state index is 10.1. The number of hydrogen-bond donors (Lipinski definition) is 1. The maximum atomic E-state index is 10.1. The summed E-state index contributed by atoms with van der Waals surface area (Å²) in [5, 5.41) is 10.1. The Morgan fingerprint density at radius 3 is 2.83 bits per heavy atom. The molecule has 0 spiro atoms. The molecule has 0 aromatic heterocycles. The molecule has 0 amide bonds. The summed E-state index contributed by atoms with van der Waals surface area (Å²) in [6.07, 6.45) is 13.4. The van der Waals surface area contributed by atoms with E-state index in [1.54, 1.807) is 5.57 Å². The molecule has 0 heterocycles. The van der Waals surface area contributed by atoms with Crippen LogP contribution in [0.5, 0.6) is 0 Å². The molecule has 0 saturated heterocycles. The third-order valence-corrected chi connectivity index (χ3v) is 8.15. The van der Waals surface area contributed by atoms with Crippen molar-refractivity contribution in [1.29, 1.82) is 0 Å². The minimum atomic E-state index is -0.102. The number of rotatable bonds is 4. The van der Waals surface area contributed by atoms with E-state index in [4.69, 9.17) is 9.78 Å². The van der Waals surface area contributed by atoms with Crippen LogP contribution in [0, 0.1) is 28.6 Å². The summed E-state index contributed by atoms with van der Waals surface area (Å²) >= 11 is 0. The molecule has 4 aliphatic rings. The lowest BCUT2D eigenvalue weighted by Gasteiger charge is -2.57. The molecule has 4 rings (SSSR count). The molecule has 3 nitrogen and oxygen atoms in total. The third kappa shape index (κ3) is 2.59. The van der Waals surface area contributed by atoms with Crippen molar-refractivity contribution in [3.8, 4) is 0 Å². The molecule has 24 heavy (non-hydrogen) atoms. The molecule has 6 atom stereocenters. The van der Waals surface area contributed by atoms with Gasteiger partial charge >= 0.3 is 0 Å². The van der Waals surface area contributed by atoms with Gasteiger partial charge in [-0.3, -0.25) is 0 Å². The average molecular weight is 335 g/mol. The van der Waals surface area contributed by atoms with Gasteiger partial charge < -0.3 is 5.11 Å². The van der Waals surface area contributed by atoms with E-state index in [1.165, 1.54) is 44.9 Å². The Kier molecular flexibility index (Phi) is 4.55. The van der Waals surface area contributed by atoms with Crippen LogP contribution in [-0.4, -0.2) is 24.4 Å². The van der Waals surface area contributed by atoms with Gasteiger partial charge in [0.25, 0.3) is 0 Å². The zero-order valence-electron chi connectivity index (χ0n) is 15.4. The zero-order valence-corrected chi connectivity index (χ0v) is 15.4. The monoisotopic (exact) mass is 334 g/mol. The standard InChI is InChI=1S/C21H34O3/c1-3-23-24-14-21-10-4-5-19(21)17-7-6-15-13-16(22)8-11-20(15,2)18(17)9-12-21/h6,16-19,22H,3-5,7-14H2,1-2H3/t16-,17-,18+,19+,20+,21+/m1/s1. The highest BCUT2D eigenvalue weighted by molar-refractivity contribution is 5.25. The fourth-order valence-electron chi connectivity index (χ4n) is 6.93. The molecule has 0 aromatic rings. The van der Waals surface area contributed by atoms with E-state index in [0.717, 1.165) is 37.2 Å². The first kappa shape index (κ1) is 17.1. The van der Waals surface area contributed by atoms with E-state index in [-0.39, 0.29) is 6.10 Å². The summed E-state index contributed by atoms with van der Waals surface area (Å²) < 4.78 is 0. The Hall–Kier alpha value is -0.380. The minimum Gasteiger partial charge on any atom is -0.393 e. The molecule has 3 fully saturated rings. The third-order valence-electron chi connectivity index (χ3n) is 8.15. The van der Waals surface area contributed by atoms with E-state index in [9.17, 15) is 5.11 Å². The van der Waals surface area contributed by atoms with E-state index in [1.807, 2.05) is 6.92 Å². The molecule has 1 N–H and O–H groups in total. The van der Waals surface area contributed by atoms with Crippen LogP contribution in [0.3, 0.4) is 0 Å². The van der Waals surface area contributed by atoms with Gasteiger partial charge in [-0.2, -0.15) is 0 Å². The van der Waals surface area contributed by atoms with Gasteiger partial charge in [0.2, 0.25) is 0 Å². The van der Waals surface area contributed by atoms with Gasteiger partial charge in [-0.25, -0.2) is 9.78 Å². The largest absolute Gasteiger partial charge is 0.393 e. The number of fused-ring (bicyclic) bond motifs is 5. The zero-order chi connectivity index (χ0) is 16.8. The normalized spacial score (nSPS) is 47.5. The highest BCUT2D eigenvalue weighted by Crippen LogP contribution is 2.64. The van der Waals surface area contributed by atoms with Crippen LogP contribution in [0.1, 0.15) is 71.6 Å². The van der Waals surface area contributed by atoms with Crippen LogP contribution >= 0.6 is 0 Å². The van der Waals surface area contributed by atoms with Gasteiger partial charge in [-0.1, -0.05) is 25.0 Å². The van der Waals surface area contributed by atoms with E-state index in [0.29, 0.717) is 17.4 Å². The summed E-state index contributed by atoms with van der Waals surface area (Å²) in [6, 6.07) is 0. The Balaban J connectivity index is 1.57. The van der Waals surface area contributed by atoms with Crippen LogP contribution in [0.4, 0.5) is 0 Å². The van der Waals surface area contributed by atoms with Gasteiger partial charge in [-0.15, -0.1) is 0 Å². The van der Waals surface area contributed by atoms with Crippen LogP contribution < -0.4 is 0 Å². The van der Waals surface area contributed by atoms with Gasteiger partial charge in [0.15, 0.2) is 0 Å². The van der Waals surface area contributed by atoms with Crippen molar-refractivity contribution < 1.29 is 14.9 Å². The van der Waals surface area contributed by atoms with E-state index in [2.05, 4.69) is 13.0 Å². The molecule has 3 heteroatoms. The van der Waals surface area contributed by atoms with Gasteiger partial charge in [0.05, 0.1) is 19.3 Å². The molecular formula is C21H34O3. The molecule has 0 unspecified atom stereocenters. The van der Waals surface area contributed by atoms with E-state index < -0.39 is 0 Å². The lowest BCUT2D eigenvalue weighted by molar-refractivity contribution is -0.314. The fraction of sp³-hybridized carbons (Fsp3) is 0.905.